The molecule has 94 valence electrons. The molecule has 0 spiro atoms. The van der Waals surface area contributed by atoms with Crippen LogP contribution in [0.5, 0.6) is 11.6 Å². The molecule has 1 aromatic carbocycles. The van der Waals surface area contributed by atoms with E-state index < -0.39 is 0 Å². The number of benzene rings is 1. The van der Waals surface area contributed by atoms with Gasteiger partial charge in [0.1, 0.15) is 11.6 Å². The molecule has 1 heterocycles. The summed E-state index contributed by atoms with van der Waals surface area (Å²) in [4.78, 5) is 4.34. The number of nitrogens with one attached hydrogen (secondary N) is 1. The number of ether oxygens (including phenoxy) is 1. The third kappa shape index (κ3) is 3.14. The monoisotopic (exact) mass is 262 g/mol. The van der Waals surface area contributed by atoms with Crippen LogP contribution in [0, 0.1) is 6.92 Å². The molecule has 0 atom stereocenters. The van der Waals surface area contributed by atoms with Crippen molar-refractivity contribution < 1.29 is 4.74 Å². The molecule has 0 radical (unpaired) electrons. The number of rotatable bonds is 4. The normalized spacial score (nSPS) is 10.2. The summed E-state index contributed by atoms with van der Waals surface area (Å²) < 4.78 is 5.69. The van der Waals surface area contributed by atoms with E-state index in [4.69, 9.17) is 16.3 Å². The summed E-state index contributed by atoms with van der Waals surface area (Å²) in [6.45, 7) is 4.80. The molecule has 0 saturated carbocycles. The summed E-state index contributed by atoms with van der Waals surface area (Å²) in [5.41, 5.74) is 0.983. The van der Waals surface area contributed by atoms with Gasteiger partial charge in [0, 0.05) is 17.6 Å². The van der Waals surface area contributed by atoms with Gasteiger partial charge in [0.05, 0.1) is 0 Å². The highest BCUT2D eigenvalue weighted by molar-refractivity contribution is 6.31. The van der Waals surface area contributed by atoms with Gasteiger partial charge in [-0.05, 0) is 43.7 Å². The Morgan fingerprint density at radius 1 is 1.28 bits per heavy atom. The first-order chi connectivity index (χ1) is 8.69. The Kier molecular flexibility index (Phi) is 4.05. The Labute approximate surface area is 112 Å². The zero-order valence-electron chi connectivity index (χ0n) is 10.4. The lowest BCUT2D eigenvalue weighted by atomic mass is 10.2. The third-order valence-corrected chi connectivity index (χ3v) is 2.86. The maximum atomic E-state index is 5.97. The molecule has 4 heteroatoms. The van der Waals surface area contributed by atoms with E-state index in [9.17, 15) is 0 Å². The van der Waals surface area contributed by atoms with E-state index in [1.54, 1.807) is 0 Å². The molecule has 0 saturated heterocycles. The van der Waals surface area contributed by atoms with Crippen molar-refractivity contribution in [1.82, 2.24) is 4.98 Å². The molecule has 0 amide bonds. The standard InChI is InChI=1S/C14H15ClN2O/c1-3-16-13-5-4-6-14(17-13)18-11-7-8-12(15)10(2)9-11/h4-9H,3H2,1-2H3,(H,16,17). The van der Waals surface area contributed by atoms with Crippen molar-refractivity contribution in [3.05, 3.63) is 47.0 Å². The number of aryl methyl sites for hydroxylation is 1. The van der Waals surface area contributed by atoms with Gasteiger partial charge >= 0.3 is 0 Å². The SMILES string of the molecule is CCNc1cccc(Oc2ccc(Cl)c(C)c2)n1. The van der Waals surface area contributed by atoms with Gasteiger partial charge in [-0.25, -0.2) is 0 Å². The molecule has 0 bridgehead atoms. The van der Waals surface area contributed by atoms with E-state index in [-0.39, 0.29) is 0 Å². The van der Waals surface area contributed by atoms with E-state index in [1.165, 1.54) is 0 Å². The lowest BCUT2D eigenvalue weighted by molar-refractivity contribution is 0.463. The minimum Gasteiger partial charge on any atom is -0.439 e. The lowest BCUT2D eigenvalue weighted by Gasteiger charge is -2.08. The molecule has 0 aliphatic carbocycles. The van der Waals surface area contributed by atoms with E-state index in [1.807, 2.05) is 50.2 Å². The molecule has 1 N–H and O–H groups in total. The zero-order chi connectivity index (χ0) is 13.0. The van der Waals surface area contributed by atoms with Crippen LogP contribution < -0.4 is 10.1 Å². The van der Waals surface area contributed by atoms with Gasteiger partial charge in [0.15, 0.2) is 0 Å². The van der Waals surface area contributed by atoms with Crippen molar-refractivity contribution in [2.45, 2.75) is 13.8 Å². The fourth-order valence-electron chi connectivity index (χ4n) is 1.55. The second-order valence-electron chi connectivity index (χ2n) is 3.90. The Bertz CT molecular complexity index is 543. The highest BCUT2D eigenvalue weighted by Gasteiger charge is 2.02. The molecule has 0 aliphatic rings. The summed E-state index contributed by atoms with van der Waals surface area (Å²) >= 11 is 5.97. The van der Waals surface area contributed by atoms with Crippen LogP contribution in [0.25, 0.3) is 0 Å². The lowest BCUT2D eigenvalue weighted by Crippen LogP contribution is -1.99. The summed E-state index contributed by atoms with van der Waals surface area (Å²) in [6.07, 6.45) is 0. The molecule has 0 aliphatic heterocycles. The van der Waals surface area contributed by atoms with Crippen LogP contribution in [-0.2, 0) is 0 Å². The molecule has 3 nitrogen and oxygen atoms in total. The van der Waals surface area contributed by atoms with Crippen LogP contribution in [0.15, 0.2) is 36.4 Å². The van der Waals surface area contributed by atoms with Crippen molar-refractivity contribution in [2.75, 3.05) is 11.9 Å². The quantitative estimate of drug-likeness (QED) is 0.894. The molecular formula is C14H15ClN2O. The maximum Gasteiger partial charge on any atom is 0.221 e. The number of hydrogen-bond acceptors (Lipinski definition) is 3. The summed E-state index contributed by atoms with van der Waals surface area (Å²) in [7, 11) is 0. The molecule has 0 unspecified atom stereocenters. The van der Waals surface area contributed by atoms with Crippen LogP contribution in [0.3, 0.4) is 0 Å². The summed E-state index contributed by atoms with van der Waals surface area (Å²) in [5.74, 6) is 2.11. The minimum absolute atomic E-state index is 0.565. The van der Waals surface area contributed by atoms with E-state index in [0.717, 1.165) is 28.7 Å². The number of nitrogens with zero attached hydrogens (tertiary/aromatic N) is 1. The highest BCUT2D eigenvalue weighted by atomic mass is 35.5. The van der Waals surface area contributed by atoms with Crippen molar-refractivity contribution in [3.8, 4) is 11.6 Å². The number of hydrogen-bond donors (Lipinski definition) is 1. The smallest absolute Gasteiger partial charge is 0.221 e. The molecule has 1 aromatic heterocycles. The Hall–Kier alpha value is -1.74. The molecule has 0 fully saturated rings. The van der Waals surface area contributed by atoms with Crippen molar-refractivity contribution in [3.63, 3.8) is 0 Å². The Morgan fingerprint density at radius 3 is 2.83 bits per heavy atom. The number of halogens is 1. The van der Waals surface area contributed by atoms with Gasteiger partial charge in [-0.2, -0.15) is 4.98 Å². The number of pyridine rings is 1. The van der Waals surface area contributed by atoms with Crippen LogP contribution in [0.4, 0.5) is 5.82 Å². The van der Waals surface area contributed by atoms with Crippen LogP contribution in [-0.4, -0.2) is 11.5 Å². The van der Waals surface area contributed by atoms with E-state index in [0.29, 0.717) is 5.88 Å². The van der Waals surface area contributed by atoms with Crippen molar-refractivity contribution >= 4 is 17.4 Å². The third-order valence-electron chi connectivity index (χ3n) is 2.43. The first kappa shape index (κ1) is 12.7. The van der Waals surface area contributed by atoms with Gasteiger partial charge < -0.3 is 10.1 Å². The maximum absolute atomic E-state index is 5.97. The summed E-state index contributed by atoms with van der Waals surface area (Å²) in [5, 5.41) is 3.88. The van der Waals surface area contributed by atoms with Gasteiger partial charge in [-0.15, -0.1) is 0 Å². The average Bonchev–Trinajstić information content (AvgIpc) is 2.35. The Morgan fingerprint density at radius 2 is 2.11 bits per heavy atom. The van der Waals surface area contributed by atoms with Crippen molar-refractivity contribution in [2.24, 2.45) is 0 Å². The fourth-order valence-corrected chi connectivity index (χ4v) is 1.67. The zero-order valence-corrected chi connectivity index (χ0v) is 11.2. The van der Waals surface area contributed by atoms with E-state index >= 15 is 0 Å². The van der Waals surface area contributed by atoms with Crippen molar-refractivity contribution in [1.29, 1.82) is 0 Å². The minimum atomic E-state index is 0.565. The van der Waals surface area contributed by atoms with Gasteiger partial charge in [-0.3, -0.25) is 0 Å². The van der Waals surface area contributed by atoms with Crippen LogP contribution >= 0.6 is 11.6 Å². The topological polar surface area (TPSA) is 34.1 Å². The molecule has 2 rings (SSSR count). The number of anilines is 1. The van der Waals surface area contributed by atoms with Gasteiger partial charge in [-0.1, -0.05) is 17.7 Å². The molecular weight excluding hydrogens is 248 g/mol. The summed E-state index contributed by atoms with van der Waals surface area (Å²) in [6, 6.07) is 11.2. The predicted molar refractivity (Wildman–Crippen MR) is 74.7 cm³/mol. The average molecular weight is 263 g/mol. The first-order valence-electron chi connectivity index (χ1n) is 5.84. The second kappa shape index (κ2) is 5.74. The number of aromatic nitrogens is 1. The fraction of sp³-hybridized carbons (Fsp3) is 0.214. The molecule has 2 aromatic rings. The van der Waals surface area contributed by atoms with Gasteiger partial charge in [0.2, 0.25) is 5.88 Å². The molecule has 18 heavy (non-hydrogen) atoms. The van der Waals surface area contributed by atoms with Crippen LogP contribution in [0.2, 0.25) is 5.02 Å². The Balaban J connectivity index is 2.17. The van der Waals surface area contributed by atoms with Gasteiger partial charge in [0.25, 0.3) is 0 Å². The largest absolute Gasteiger partial charge is 0.439 e. The second-order valence-corrected chi connectivity index (χ2v) is 4.31. The van der Waals surface area contributed by atoms with Crippen LogP contribution in [0.1, 0.15) is 12.5 Å². The highest BCUT2D eigenvalue weighted by Crippen LogP contribution is 2.25. The first-order valence-corrected chi connectivity index (χ1v) is 6.22. The predicted octanol–water partition coefficient (Wildman–Crippen LogP) is 4.27. The van der Waals surface area contributed by atoms with E-state index in [2.05, 4.69) is 10.3 Å².